The normalized spacial score (nSPS) is 14.2. The van der Waals surface area contributed by atoms with Crippen LogP contribution in [0.25, 0.3) is 0 Å². The van der Waals surface area contributed by atoms with Crippen molar-refractivity contribution in [3.63, 3.8) is 0 Å². The van der Waals surface area contributed by atoms with Crippen LogP contribution < -0.4 is 0 Å². The zero-order valence-corrected chi connectivity index (χ0v) is 13.8. The molecule has 0 aromatic carbocycles. The Morgan fingerprint density at radius 2 is 1.94 bits per heavy atom. The molecule has 2 nitrogen and oxygen atoms in total. The van der Waals surface area contributed by atoms with Gasteiger partial charge in [0.15, 0.2) is 8.32 Å². The molecule has 16 heavy (non-hydrogen) atoms. The molecule has 0 bridgehead atoms. The van der Waals surface area contributed by atoms with E-state index in [1.165, 1.54) is 0 Å². The molecule has 0 saturated carbocycles. The lowest BCUT2D eigenvalue weighted by atomic mass is 10.0. The molecule has 0 rings (SSSR count). The first-order valence-electron chi connectivity index (χ1n) is 6.09. The summed E-state index contributed by atoms with van der Waals surface area (Å²) in [5.41, 5.74) is 0. The molecule has 4 heteroatoms. The van der Waals surface area contributed by atoms with Crippen molar-refractivity contribution < 1.29 is 9.22 Å². The minimum absolute atomic E-state index is 0.122. The molecule has 0 aliphatic carbocycles. The van der Waals surface area contributed by atoms with Gasteiger partial charge in [-0.3, -0.25) is 4.79 Å². The summed E-state index contributed by atoms with van der Waals surface area (Å²) in [6.07, 6.45) is 2.76. The minimum atomic E-state index is -1.61. The van der Waals surface area contributed by atoms with Gasteiger partial charge in [-0.05, 0) is 19.5 Å². The Balaban J connectivity index is 4.33. The third-order valence-electron chi connectivity index (χ3n) is 2.49. The molecule has 96 valence electrons. The molecule has 0 radical (unpaired) electrons. The van der Waals surface area contributed by atoms with Gasteiger partial charge in [0.25, 0.3) is 0 Å². The summed E-state index contributed by atoms with van der Waals surface area (Å²) >= 11 is 3.50. The quantitative estimate of drug-likeness (QED) is 0.502. The Morgan fingerprint density at radius 1 is 1.38 bits per heavy atom. The van der Waals surface area contributed by atoms with E-state index in [9.17, 15) is 4.79 Å². The molecule has 0 spiro atoms. The van der Waals surface area contributed by atoms with E-state index in [1.54, 1.807) is 0 Å². The van der Waals surface area contributed by atoms with Crippen LogP contribution in [0.1, 0.15) is 40.0 Å². The van der Waals surface area contributed by atoms with E-state index in [0.717, 1.165) is 17.8 Å². The summed E-state index contributed by atoms with van der Waals surface area (Å²) in [6.45, 7) is 10.4. The van der Waals surface area contributed by atoms with Crippen LogP contribution in [-0.4, -0.2) is 25.2 Å². The molecule has 0 aromatic heterocycles. The molecule has 0 N–H and O–H groups in total. The van der Waals surface area contributed by atoms with Gasteiger partial charge in [0.1, 0.15) is 5.78 Å². The van der Waals surface area contributed by atoms with E-state index in [0.29, 0.717) is 12.2 Å². The van der Waals surface area contributed by atoms with Gasteiger partial charge in [-0.2, -0.15) is 0 Å². The fourth-order valence-corrected chi connectivity index (χ4v) is 3.03. The van der Waals surface area contributed by atoms with Gasteiger partial charge in [0.2, 0.25) is 0 Å². The van der Waals surface area contributed by atoms with Crippen LogP contribution in [0.2, 0.25) is 13.1 Å². The molecule has 1 atom stereocenters. The summed E-state index contributed by atoms with van der Waals surface area (Å²) < 4.78 is 6.12. The van der Waals surface area contributed by atoms with Crippen molar-refractivity contribution in [3.05, 3.63) is 0 Å². The maximum atomic E-state index is 11.7. The third-order valence-corrected chi connectivity index (χ3v) is 8.16. The summed E-state index contributed by atoms with van der Waals surface area (Å²) in [5.74, 6) is 0.439. The first-order valence-corrected chi connectivity index (χ1v) is 10.3. The van der Waals surface area contributed by atoms with E-state index in [2.05, 4.69) is 35.9 Å². The molecule has 0 fully saturated rings. The van der Waals surface area contributed by atoms with Gasteiger partial charge in [0.05, 0.1) is 6.10 Å². The van der Waals surface area contributed by atoms with Gasteiger partial charge in [0, 0.05) is 17.3 Å². The molecule has 0 unspecified atom stereocenters. The van der Waals surface area contributed by atoms with E-state index >= 15 is 0 Å². The molecular formula is C12H25BrO2Si. The van der Waals surface area contributed by atoms with E-state index < -0.39 is 8.32 Å². The zero-order chi connectivity index (χ0) is 12.8. The predicted octanol–water partition coefficient (Wildman–Crippen LogP) is 3.93. The van der Waals surface area contributed by atoms with E-state index in [-0.39, 0.29) is 12.0 Å². The Morgan fingerprint density at radius 3 is 2.31 bits per heavy atom. The van der Waals surface area contributed by atoms with Gasteiger partial charge >= 0.3 is 0 Å². The zero-order valence-electron chi connectivity index (χ0n) is 11.2. The van der Waals surface area contributed by atoms with Crippen LogP contribution in [0.5, 0.6) is 0 Å². The van der Waals surface area contributed by atoms with Crippen LogP contribution in [0.3, 0.4) is 0 Å². The standard InChI is InChI=1S/C12H25BrO2Si/c1-6-7-11(8-12(14)10(2)3)15-16(4,5)9-13/h10-11H,6-9H2,1-5H3/t11-/m0/s1. The lowest BCUT2D eigenvalue weighted by Gasteiger charge is -2.28. The van der Waals surface area contributed by atoms with Crippen molar-refractivity contribution in [2.45, 2.75) is 59.2 Å². The Kier molecular flexibility index (Phi) is 7.77. The second-order valence-corrected chi connectivity index (χ2v) is 11.0. The molecule has 0 aromatic rings. The molecule has 0 heterocycles. The van der Waals surface area contributed by atoms with Crippen molar-refractivity contribution in [1.82, 2.24) is 0 Å². The smallest absolute Gasteiger partial charge is 0.197 e. The highest BCUT2D eigenvalue weighted by molar-refractivity contribution is 9.09. The van der Waals surface area contributed by atoms with Crippen molar-refractivity contribution in [2.24, 2.45) is 5.92 Å². The number of rotatable bonds is 8. The molecule has 0 aliphatic heterocycles. The predicted molar refractivity (Wildman–Crippen MR) is 75.5 cm³/mol. The maximum absolute atomic E-state index is 11.7. The van der Waals surface area contributed by atoms with Crippen molar-refractivity contribution in [1.29, 1.82) is 0 Å². The molecule has 0 amide bonds. The first kappa shape index (κ1) is 16.3. The van der Waals surface area contributed by atoms with E-state index in [4.69, 9.17) is 4.43 Å². The van der Waals surface area contributed by atoms with Gasteiger partial charge in [-0.15, -0.1) is 0 Å². The minimum Gasteiger partial charge on any atom is -0.413 e. The van der Waals surface area contributed by atoms with Crippen LogP contribution in [0.15, 0.2) is 0 Å². The Hall–Kier alpha value is 0.327. The van der Waals surface area contributed by atoms with Gasteiger partial charge in [-0.25, -0.2) is 0 Å². The fourth-order valence-electron chi connectivity index (χ4n) is 1.47. The SMILES string of the molecule is CCC[C@@H](CC(=O)C(C)C)O[Si](C)(C)CBr. The van der Waals surface area contributed by atoms with Crippen LogP contribution >= 0.6 is 15.9 Å². The largest absolute Gasteiger partial charge is 0.413 e. The van der Waals surface area contributed by atoms with E-state index in [1.807, 2.05) is 13.8 Å². The van der Waals surface area contributed by atoms with Crippen LogP contribution in [0.4, 0.5) is 0 Å². The highest BCUT2D eigenvalue weighted by atomic mass is 79.9. The second kappa shape index (κ2) is 7.61. The number of alkyl halides is 1. The lowest BCUT2D eigenvalue weighted by molar-refractivity contribution is -0.123. The summed E-state index contributed by atoms with van der Waals surface area (Å²) in [5, 5.41) is 0. The van der Waals surface area contributed by atoms with Gasteiger partial charge in [-0.1, -0.05) is 43.1 Å². The summed E-state index contributed by atoms with van der Waals surface area (Å²) in [4.78, 5) is 12.7. The van der Waals surface area contributed by atoms with Gasteiger partial charge < -0.3 is 4.43 Å². The molecule has 0 aliphatic rings. The highest BCUT2D eigenvalue weighted by Gasteiger charge is 2.26. The Labute approximate surface area is 109 Å². The third kappa shape index (κ3) is 6.81. The number of hydrogen-bond acceptors (Lipinski definition) is 2. The number of halogens is 1. The average Bonchev–Trinajstić information content (AvgIpc) is 2.17. The monoisotopic (exact) mass is 308 g/mol. The molecular weight excluding hydrogens is 284 g/mol. The fraction of sp³-hybridized carbons (Fsp3) is 0.917. The Bertz CT molecular complexity index is 217. The highest BCUT2D eigenvalue weighted by Crippen LogP contribution is 2.18. The number of Topliss-reactive ketones (excluding diaryl/α,β-unsaturated/α-hetero) is 1. The topological polar surface area (TPSA) is 26.3 Å². The van der Waals surface area contributed by atoms with Crippen molar-refractivity contribution >= 4 is 30.0 Å². The average molecular weight is 309 g/mol. The number of carbonyl (C=O) groups excluding carboxylic acids is 1. The molecule has 0 saturated heterocycles. The second-order valence-electron chi connectivity index (χ2n) is 5.25. The number of carbonyl (C=O) groups is 1. The number of hydrogen-bond donors (Lipinski definition) is 0. The maximum Gasteiger partial charge on any atom is 0.197 e. The van der Waals surface area contributed by atoms with Crippen molar-refractivity contribution in [3.8, 4) is 0 Å². The first-order chi connectivity index (χ1) is 7.32. The summed E-state index contributed by atoms with van der Waals surface area (Å²) in [6, 6.07) is 0. The van der Waals surface area contributed by atoms with Crippen LogP contribution in [-0.2, 0) is 9.22 Å². The summed E-state index contributed by atoms with van der Waals surface area (Å²) in [7, 11) is -1.61. The number of ketones is 1. The van der Waals surface area contributed by atoms with Crippen molar-refractivity contribution in [2.75, 3.05) is 4.95 Å². The van der Waals surface area contributed by atoms with Crippen LogP contribution in [0, 0.1) is 5.92 Å². The lowest BCUT2D eigenvalue weighted by Crippen LogP contribution is -2.38.